The number of piperidine rings is 1. The Morgan fingerprint density at radius 1 is 1.35 bits per heavy atom. The molecule has 1 fully saturated rings. The maximum atomic E-state index is 13.7. The van der Waals surface area contributed by atoms with E-state index in [1.54, 1.807) is 0 Å². The van der Waals surface area contributed by atoms with Gasteiger partial charge < -0.3 is 19.4 Å². The average molecular weight is 528 g/mol. The number of fused-ring (bicyclic) bond motifs is 1. The molecule has 0 aliphatic carbocycles. The number of nitrogens with one attached hydrogen (secondary N) is 2. The highest BCUT2D eigenvalue weighted by Crippen LogP contribution is 2.29. The predicted octanol–water partition coefficient (Wildman–Crippen LogP) is 0.482. The van der Waals surface area contributed by atoms with Crippen molar-refractivity contribution in [3.8, 4) is 5.88 Å². The van der Waals surface area contributed by atoms with E-state index in [9.17, 15) is 17.6 Å². The number of hydrogen-bond donors (Lipinski definition) is 4. The van der Waals surface area contributed by atoms with Gasteiger partial charge in [-0.15, -0.1) is 0 Å². The number of halogens is 1. The molecule has 5 N–H and O–H groups in total. The zero-order chi connectivity index (χ0) is 28.0. The second kappa shape index (κ2) is 11.9. The molecule has 0 bridgehead atoms. The molecule has 2 aromatic rings. The molecular formula is C19H29FN4O8S2. The number of sulfonamides is 1. The molecule has 0 radical (unpaired) electrons. The maximum absolute atomic E-state index is 13.7. The number of hydrogen-bond acceptors (Lipinski definition) is 8. The minimum absolute atomic E-state index is 0.104. The van der Waals surface area contributed by atoms with Gasteiger partial charge in [0.2, 0.25) is 15.9 Å². The van der Waals surface area contributed by atoms with E-state index in [2.05, 4.69) is 19.7 Å². The second-order valence-electron chi connectivity index (χ2n) is 7.69. The standard InChI is InChI=1S/C19H26FN3O5S.H3NO3S/c1-27-18-17(15-11-14(20)3-4-16(15)22-18)19(24)28-12-13-5-8-23(9-6-13)10-7-21-29(2,25)26;1-5(2,3)4/h3-4,11,13,21-22H,5-10,12H2,1-2H3;(H3,1,2,3,4)/i1D3;. The van der Waals surface area contributed by atoms with Crippen molar-refractivity contribution in [1.82, 2.24) is 14.6 Å². The first-order valence-corrected chi connectivity index (χ1v) is 13.4. The number of aromatic amines is 1. The average Bonchev–Trinajstić information content (AvgIpc) is 3.06. The number of nitrogens with zero attached hydrogens (tertiary/aromatic N) is 1. The molecule has 0 spiro atoms. The van der Waals surface area contributed by atoms with E-state index in [0.29, 0.717) is 18.6 Å². The van der Waals surface area contributed by atoms with Crippen molar-refractivity contribution in [1.29, 1.82) is 0 Å². The van der Waals surface area contributed by atoms with Gasteiger partial charge in [-0.1, -0.05) is 0 Å². The molecular weight excluding hydrogens is 495 g/mol. The second-order valence-corrected chi connectivity index (χ2v) is 10.5. The zero-order valence-corrected chi connectivity index (χ0v) is 19.9. The van der Waals surface area contributed by atoms with Crippen molar-refractivity contribution in [2.45, 2.75) is 12.8 Å². The first-order valence-electron chi connectivity index (χ1n) is 11.5. The van der Waals surface area contributed by atoms with E-state index in [4.69, 9.17) is 26.6 Å². The molecule has 1 aliphatic heterocycles. The lowest BCUT2D eigenvalue weighted by molar-refractivity contribution is 0.0372. The van der Waals surface area contributed by atoms with Gasteiger partial charge in [-0.3, -0.25) is 4.55 Å². The van der Waals surface area contributed by atoms with Crippen LogP contribution in [-0.2, 0) is 25.1 Å². The van der Waals surface area contributed by atoms with Crippen molar-refractivity contribution in [2.75, 3.05) is 46.1 Å². The Hall–Kier alpha value is -2.30. The Bertz CT molecular complexity index is 1290. The molecule has 1 saturated heterocycles. The van der Waals surface area contributed by atoms with Gasteiger partial charge in [0.1, 0.15) is 11.4 Å². The zero-order valence-electron chi connectivity index (χ0n) is 21.3. The number of H-pyrrole nitrogens is 1. The summed E-state index contributed by atoms with van der Waals surface area (Å²) >= 11 is 0. The van der Waals surface area contributed by atoms with E-state index in [0.717, 1.165) is 38.3 Å². The molecule has 15 heteroatoms. The van der Waals surface area contributed by atoms with Gasteiger partial charge in [0.15, 0.2) is 0 Å². The Labute approximate surface area is 201 Å². The van der Waals surface area contributed by atoms with Gasteiger partial charge in [0.05, 0.1) is 24.0 Å². The van der Waals surface area contributed by atoms with Crippen LogP contribution >= 0.6 is 0 Å². The van der Waals surface area contributed by atoms with Gasteiger partial charge >= 0.3 is 16.3 Å². The Balaban J connectivity index is 0.000000877. The SMILES string of the molecule is NS(=O)(=O)O.[2H]C([2H])([2H])Oc1[nH]c2ccc(F)cc2c1C(=O)OCC1CCN(CCNS(C)(=O)=O)CC1. The number of ether oxygens (including phenoxy) is 2. The number of carbonyl (C=O) groups excluding carboxylic acids is 1. The van der Waals surface area contributed by atoms with Crippen LogP contribution < -0.4 is 14.6 Å². The van der Waals surface area contributed by atoms with Crippen LogP contribution in [0.4, 0.5) is 4.39 Å². The normalized spacial score (nSPS) is 17.2. The summed E-state index contributed by atoms with van der Waals surface area (Å²) < 4.78 is 95.9. The summed E-state index contributed by atoms with van der Waals surface area (Å²) in [6.45, 7) is 2.53. The smallest absolute Gasteiger partial charge is 0.344 e. The van der Waals surface area contributed by atoms with Gasteiger partial charge in [0.25, 0.3) is 0 Å². The molecule has 0 saturated carbocycles. The number of nitrogens with two attached hydrogens (primary N) is 1. The van der Waals surface area contributed by atoms with Crippen LogP contribution in [-0.4, -0.2) is 83.3 Å². The molecule has 0 amide bonds. The lowest BCUT2D eigenvalue weighted by atomic mass is 9.98. The minimum atomic E-state index is -4.17. The van der Waals surface area contributed by atoms with Gasteiger partial charge in [-0.25, -0.2) is 27.5 Å². The molecule has 12 nitrogen and oxygen atoms in total. The third kappa shape index (κ3) is 9.52. The number of rotatable bonds is 8. The quantitative estimate of drug-likeness (QED) is 0.280. The summed E-state index contributed by atoms with van der Waals surface area (Å²) in [6.07, 6.45) is 2.63. The maximum Gasteiger partial charge on any atom is 0.344 e. The van der Waals surface area contributed by atoms with Crippen molar-refractivity contribution in [3.63, 3.8) is 0 Å². The van der Waals surface area contributed by atoms with Crippen molar-refractivity contribution >= 4 is 37.2 Å². The van der Waals surface area contributed by atoms with Crippen LogP contribution in [0.2, 0.25) is 0 Å². The highest BCUT2D eigenvalue weighted by molar-refractivity contribution is 7.88. The Kier molecular flexibility index (Phi) is 8.21. The highest BCUT2D eigenvalue weighted by Gasteiger charge is 2.24. The first-order chi connectivity index (χ1) is 16.9. The summed E-state index contributed by atoms with van der Waals surface area (Å²) in [4.78, 5) is 17.6. The number of benzene rings is 1. The predicted molar refractivity (Wildman–Crippen MR) is 123 cm³/mol. The lowest BCUT2D eigenvalue weighted by Gasteiger charge is -2.31. The number of carbonyl (C=O) groups is 1. The monoisotopic (exact) mass is 527 g/mol. The fourth-order valence-corrected chi connectivity index (χ4v) is 3.91. The topological polar surface area (TPSA) is 181 Å². The number of likely N-dealkylation sites (tertiary alicyclic amines) is 1. The van der Waals surface area contributed by atoms with Crippen LogP contribution in [0.3, 0.4) is 0 Å². The molecule has 0 unspecified atom stereocenters. The van der Waals surface area contributed by atoms with Crippen molar-refractivity contribution in [2.24, 2.45) is 11.1 Å². The van der Waals surface area contributed by atoms with Gasteiger partial charge in [-0.05, 0) is 50.0 Å². The third-order valence-corrected chi connectivity index (χ3v) is 5.71. The van der Waals surface area contributed by atoms with Gasteiger partial charge in [-0.2, -0.15) is 8.42 Å². The number of aromatic nitrogens is 1. The minimum Gasteiger partial charge on any atom is -0.482 e. The van der Waals surface area contributed by atoms with Crippen LogP contribution in [0.5, 0.6) is 5.88 Å². The van der Waals surface area contributed by atoms with E-state index in [1.807, 2.05) is 0 Å². The number of methoxy groups -OCH3 is 1. The van der Waals surface area contributed by atoms with E-state index in [-0.39, 0.29) is 29.4 Å². The van der Waals surface area contributed by atoms with Gasteiger partial charge in [0, 0.05) is 24.0 Å². The molecule has 192 valence electrons. The largest absolute Gasteiger partial charge is 0.482 e. The fraction of sp³-hybridized carbons (Fsp3) is 0.526. The molecule has 1 aliphatic rings. The van der Waals surface area contributed by atoms with Crippen LogP contribution in [0.15, 0.2) is 18.2 Å². The summed E-state index contributed by atoms with van der Waals surface area (Å²) in [5.41, 5.74) is 0.202. The molecule has 3 rings (SSSR count). The lowest BCUT2D eigenvalue weighted by Crippen LogP contribution is -2.40. The van der Waals surface area contributed by atoms with Crippen LogP contribution in [0, 0.1) is 11.7 Å². The third-order valence-electron chi connectivity index (χ3n) is 4.98. The molecule has 2 heterocycles. The van der Waals surface area contributed by atoms with Crippen LogP contribution in [0.25, 0.3) is 10.9 Å². The Morgan fingerprint density at radius 3 is 2.59 bits per heavy atom. The van der Waals surface area contributed by atoms with Crippen molar-refractivity contribution < 1.29 is 44.2 Å². The molecule has 1 aromatic carbocycles. The number of esters is 1. The Morgan fingerprint density at radius 2 is 2.00 bits per heavy atom. The summed E-state index contributed by atoms with van der Waals surface area (Å²) in [6, 6.07) is 3.70. The summed E-state index contributed by atoms with van der Waals surface area (Å²) in [7, 11) is -10.2. The highest BCUT2D eigenvalue weighted by atomic mass is 32.2. The van der Waals surface area contributed by atoms with E-state index < -0.39 is 39.2 Å². The first kappa shape index (κ1) is 23.4. The molecule has 0 atom stereocenters. The van der Waals surface area contributed by atoms with E-state index in [1.165, 1.54) is 12.1 Å². The molecule has 34 heavy (non-hydrogen) atoms. The summed E-state index contributed by atoms with van der Waals surface area (Å²) in [5.74, 6) is -1.56. The summed E-state index contributed by atoms with van der Waals surface area (Å²) in [5, 5.41) is 4.06. The fourth-order valence-electron chi connectivity index (χ4n) is 3.45. The van der Waals surface area contributed by atoms with Crippen molar-refractivity contribution in [3.05, 3.63) is 29.6 Å². The van der Waals surface area contributed by atoms with E-state index >= 15 is 0 Å². The van der Waals surface area contributed by atoms with Crippen LogP contribution in [0.1, 0.15) is 27.3 Å². The molecule has 1 aromatic heterocycles.